The Morgan fingerprint density at radius 3 is 2.54 bits per heavy atom. The zero-order valence-electron chi connectivity index (χ0n) is 20.1. The van der Waals surface area contributed by atoms with Crippen molar-refractivity contribution in [1.29, 1.82) is 0 Å². The Hall–Kier alpha value is -3.85. The summed E-state index contributed by atoms with van der Waals surface area (Å²) in [6, 6.07) is 12.2. The fourth-order valence-corrected chi connectivity index (χ4v) is 3.49. The van der Waals surface area contributed by atoms with Gasteiger partial charge in [0, 0.05) is 11.1 Å². The maximum absolute atomic E-state index is 13.0. The van der Waals surface area contributed by atoms with Gasteiger partial charge in [0.2, 0.25) is 0 Å². The van der Waals surface area contributed by atoms with Crippen molar-refractivity contribution in [2.24, 2.45) is 0 Å². The van der Waals surface area contributed by atoms with E-state index in [2.05, 4.69) is 5.43 Å². The van der Waals surface area contributed by atoms with E-state index in [0.717, 1.165) is 6.42 Å². The summed E-state index contributed by atoms with van der Waals surface area (Å²) in [4.78, 5) is 37.3. The highest BCUT2D eigenvalue weighted by Crippen LogP contribution is 2.34. The van der Waals surface area contributed by atoms with Crippen LogP contribution in [0.1, 0.15) is 37.8 Å². The van der Waals surface area contributed by atoms with Crippen LogP contribution >= 0.6 is 0 Å². The number of carbonyl (C=O) groups excluding carboxylic acids is 3. The van der Waals surface area contributed by atoms with Gasteiger partial charge in [0.05, 0.1) is 31.4 Å². The Morgan fingerprint density at radius 1 is 1.11 bits per heavy atom. The van der Waals surface area contributed by atoms with E-state index in [4.69, 9.17) is 14.2 Å². The first kappa shape index (κ1) is 25.8. The lowest BCUT2D eigenvalue weighted by Gasteiger charge is -2.18. The highest BCUT2D eigenvalue weighted by molar-refractivity contribution is 6.31. The zero-order chi connectivity index (χ0) is 25.4. The zero-order valence-corrected chi connectivity index (χ0v) is 20.1. The molecule has 1 saturated heterocycles. The fourth-order valence-electron chi connectivity index (χ4n) is 3.49. The van der Waals surface area contributed by atoms with E-state index in [9.17, 15) is 19.5 Å². The number of hydrogen-bond donors (Lipinski definition) is 2. The molecule has 9 nitrogen and oxygen atoms in total. The lowest BCUT2D eigenvalue weighted by molar-refractivity contribution is -0.145. The fraction of sp³-hybridized carbons (Fsp3) is 0.346. The van der Waals surface area contributed by atoms with Crippen molar-refractivity contribution in [2.45, 2.75) is 39.7 Å². The minimum atomic E-state index is -1.10. The van der Waals surface area contributed by atoms with Gasteiger partial charge in [0.25, 0.3) is 11.8 Å². The van der Waals surface area contributed by atoms with Crippen molar-refractivity contribution in [3.8, 4) is 11.5 Å². The molecule has 0 aromatic heterocycles. The Bertz CT molecular complexity index is 1100. The second-order valence-electron chi connectivity index (χ2n) is 7.90. The number of carbonyl (C=O) groups is 3. The van der Waals surface area contributed by atoms with E-state index in [1.165, 1.54) is 11.1 Å². The molecule has 0 bridgehead atoms. The van der Waals surface area contributed by atoms with Gasteiger partial charge >= 0.3 is 5.97 Å². The van der Waals surface area contributed by atoms with E-state index in [1.54, 1.807) is 50.2 Å². The minimum absolute atomic E-state index is 0.0626. The number of aliphatic hydroxyl groups is 1. The average molecular weight is 483 g/mol. The lowest BCUT2D eigenvalue weighted by Crippen LogP contribution is -2.35. The van der Waals surface area contributed by atoms with Crippen LogP contribution in [0.15, 0.2) is 48.0 Å². The predicted octanol–water partition coefficient (Wildman–Crippen LogP) is 2.94. The van der Waals surface area contributed by atoms with Crippen LogP contribution in [0.4, 0.5) is 5.69 Å². The predicted molar refractivity (Wildman–Crippen MR) is 130 cm³/mol. The molecule has 35 heavy (non-hydrogen) atoms. The van der Waals surface area contributed by atoms with Gasteiger partial charge in [0.1, 0.15) is 23.7 Å². The Balaban J connectivity index is 1.89. The third kappa shape index (κ3) is 6.39. The minimum Gasteiger partial charge on any atom is -0.493 e. The van der Waals surface area contributed by atoms with Gasteiger partial charge in [-0.2, -0.15) is 0 Å². The Labute approximate surface area is 204 Å². The molecule has 1 aliphatic heterocycles. The quantitative estimate of drug-likeness (QED) is 0.288. The first-order chi connectivity index (χ1) is 16.8. The molecule has 2 N–H and O–H groups in total. The van der Waals surface area contributed by atoms with Crippen molar-refractivity contribution >= 4 is 29.5 Å². The molecule has 0 radical (unpaired) electrons. The van der Waals surface area contributed by atoms with Crippen molar-refractivity contribution in [2.75, 3.05) is 24.8 Å². The average Bonchev–Trinajstić information content (AvgIpc) is 3.12. The van der Waals surface area contributed by atoms with E-state index in [1.807, 2.05) is 13.0 Å². The topological polar surface area (TPSA) is 114 Å². The van der Waals surface area contributed by atoms with Gasteiger partial charge in [-0.25, -0.2) is 5.01 Å². The van der Waals surface area contributed by atoms with E-state index >= 15 is 0 Å². The molecular weight excluding hydrogens is 452 g/mol. The normalized spacial score (nSPS) is 15.2. The van der Waals surface area contributed by atoms with E-state index in [-0.39, 0.29) is 25.2 Å². The largest absolute Gasteiger partial charge is 0.493 e. The number of esters is 1. The number of ether oxygens (including phenoxy) is 3. The molecule has 0 unspecified atom stereocenters. The van der Waals surface area contributed by atoms with Crippen LogP contribution in [0.2, 0.25) is 0 Å². The monoisotopic (exact) mass is 482 g/mol. The molecule has 0 spiro atoms. The maximum Gasteiger partial charge on any atom is 0.308 e. The number of benzene rings is 2. The number of aliphatic hydroxyl groups excluding tert-OH is 1. The van der Waals surface area contributed by atoms with Crippen LogP contribution in [-0.4, -0.2) is 48.8 Å². The van der Waals surface area contributed by atoms with Gasteiger partial charge in [-0.15, -0.1) is 0 Å². The molecule has 1 heterocycles. The summed E-state index contributed by atoms with van der Waals surface area (Å²) in [7, 11) is 0. The second-order valence-corrected chi connectivity index (χ2v) is 7.90. The molecule has 2 aromatic carbocycles. The summed E-state index contributed by atoms with van der Waals surface area (Å²) in [5, 5.41) is 11.4. The summed E-state index contributed by atoms with van der Waals surface area (Å²) in [5.41, 5.74) is 4.14. The van der Waals surface area contributed by atoms with Crippen LogP contribution in [0, 0.1) is 6.92 Å². The van der Waals surface area contributed by atoms with Crippen LogP contribution in [0.5, 0.6) is 11.5 Å². The smallest absolute Gasteiger partial charge is 0.308 e. The van der Waals surface area contributed by atoms with Crippen molar-refractivity contribution < 1.29 is 33.7 Å². The number of nitrogens with one attached hydrogen (secondary N) is 1. The molecule has 0 aliphatic carbocycles. The van der Waals surface area contributed by atoms with Crippen LogP contribution in [-0.2, 0) is 19.1 Å². The molecule has 2 amide bonds. The summed E-state index contributed by atoms with van der Waals surface area (Å²) in [6.07, 6.45) is 0.940. The number of rotatable bonds is 11. The van der Waals surface area contributed by atoms with Gasteiger partial charge in [-0.05, 0) is 50.6 Å². The van der Waals surface area contributed by atoms with Crippen LogP contribution < -0.4 is 19.9 Å². The van der Waals surface area contributed by atoms with Crippen LogP contribution in [0.3, 0.4) is 0 Å². The lowest BCUT2D eigenvalue weighted by atomic mass is 10.0. The molecule has 1 aliphatic rings. The third-order valence-corrected chi connectivity index (χ3v) is 5.18. The SMILES string of the molecule is CCCOc1ccc(/C=C2/C(=O)NN(c3ccccc3)C2=O)c(OC[C@H](O)CC(=O)OCC)c1C. The molecule has 9 heteroatoms. The standard InChI is InChI=1S/C26H30N2O7/c1-4-13-34-22-12-11-18(24(17(22)3)35-16-20(29)15-23(30)33-5-2)14-21-25(31)27-28(26(21)32)19-9-7-6-8-10-19/h6-12,14,20,29H,4-5,13,15-16H2,1-3H3,(H,27,31)/b21-14-/t20-/m1/s1. The summed E-state index contributed by atoms with van der Waals surface area (Å²) >= 11 is 0. The number of hydrazine groups is 1. The summed E-state index contributed by atoms with van der Waals surface area (Å²) < 4.78 is 16.5. The first-order valence-electron chi connectivity index (χ1n) is 11.5. The van der Waals surface area contributed by atoms with Crippen molar-refractivity contribution in [3.05, 3.63) is 59.2 Å². The van der Waals surface area contributed by atoms with Gasteiger partial charge in [-0.1, -0.05) is 25.1 Å². The third-order valence-electron chi connectivity index (χ3n) is 5.18. The van der Waals surface area contributed by atoms with E-state index in [0.29, 0.717) is 34.9 Å². The first-order valence-corrected chi connectivity index (χ1v) is 11.5. The number of nitrogens with zero attached hydrogens (tertiary/aromatic N) is 1. The Morgan fingerprint density at radius 2 is 1.86 bits per heavy atom. The summed E-state index contributed by atoms with van der Waals surface area (Å²) in [5.74, 6) is -0.656. The second kappa shape index (κ2) is 12.0. The van der Waals surface area contributed by atoms with Gasteiger partial charge in [-0.3, -0.25) is 19.8 Å². The highest BCUT2D eigenvalue weighted by Gasteiger charge is 2.34. The molecule has 3 rings (SSSR count). The highest BCUT2D eigenvalue weighted by atomic mass is 16.5. The van der Waals surface area contributed by atoms with Crippen molar-refractivity contribution in [1.82, 2.24) is 5.43 Å². The Kier molecular flexibility index (Phi) is 8.86. The number of anilines is 1. The molecule has 2 aromatic rings. The maximum atomic E-state index is 13.0. The number of para-hydroxylation sites is 1. The van der Waals surface area contributed by atoms with Gasteiger partial charge < -0.3 is 19.3 Å². The number of amides is 2. The number of hydrogen-bond acceptors (Lipinski definition) is 7. The van der Waals surface area contributed by atoms with E-state index < -0.39 is 23.9 Å². The van der Waals surface area contributed by atoms with Gasteiger partial charge in [0.15, 0.2) is 0 Å². The van der Waals surface area contributed by atoms with Crippen molar-refractivity contribution in [3.63, 3.8) is 0 Å². The molecular formula is C26H30N2O7. The molecule has 0 saturated carbocycles. The molecule has 1 atom stereocenters. The van der Waals surface area contributed by atoms with Crippen LogP contribution in [0.25, 0.3) is 6.08 Å². The summed E-state index contributed by atoms with van der Waals surface area (Å²) in [6.45, 7) is 5.98. The molecule has 1 fully saturated rings. The molecule has 186 valence electrons.